The van der Waals surface area contributed by atoms with Gasteiger partial charge < -0.3 is 10.4 Å². The van der Waals surface area contributed by atoms with E-state index < -0.39 is 0 Å². The maximum atomic E-state index is 12.7. The molecular formula is C15H22FNO. The molecule has 0 aromatic heterocycles. The van der Waals surface area contributed by atoms with E-state index in [1.54, 1.807) is 0 Å². The molecule has 1 aliphatic rings. The Morgan fingerprint density at radius 2 is 1.78 bits per heavy atom. The minimum Gasteiger partial charge on any atom is -0.393 e. The topological polar surface area (TPSA) is 32.3 Å². The van der Waals surface area contributed by atoms with Gasteiger partial charge in [-0.15, -0.1) is 0 Å². The molecule has 0 spiro atoms. The van der Waals surface area contributed by atoms with Crippen LogP contribution in [0, 0.1) is 11.7 Å². The van der Waals surface area contributed by atoms with Crippen LogP contribution in [0.1, 0.15) is 31.2 Å². The first-order valence-corrected chi connectivity index (χ1v) is 6.87. The van der Waals surface area contributed by atoms with Crippen molar-refractivity contribution in [2.45, 2.75) is 38.2 Å². The Morgan fingerprint density at radius 1 is 1.11 bits per heavy atom. The second kappa shape index (κ2) is 6.86. The van der Waals surface area contributed by atoms with Crippen LogP contribution in [0.25, 0.3) is 0 Å². The van der Waals surface area contributed by atoms with Gasteiger partial charge in [-0.3, -0.25) is 0 Å². The fraction of sp³-hybridized carbons (Fsp3) is 0.600. The summed E-state index contributed by atoms with van der Waals surface area (Å²) in [5, 5.41) is 12.9. The summed E-state index contributed by atoms with van der Waals surface area (Å²) in [6, 6.07) is 6.71. The molecule has 2 nitrogen and oxygen atoms in total. The van der Waals surface area contributed by atoms with Crippen molar-refractivity contribution >= 4 is 0 Å². The Labute approximate surface area is 108 Å². The number of rotatable bonds is 5. The summed E-state index contributed by atoms with van der Waals surface area (Å²) in [6.45, 7) is 1.97. The molecule has 1 saturated carbocycles. The van der Waals surface area contributed by atoms with E-state index in [4.69, 9.17) is 0 Å². The molecule has 0 atom stereocenters. The minimum absolute atomic E-state index is 0.0690. The summed E-state index contributed by atoms with van der Waals surface area (Å²) in [5.74, 6) is 0.536. The number of benzene rings is 1. The van der Waals surface area contributed by atoms with Crippen LogP contribution in [0.4, 0.5) is 4.39 Å². The number of hydrogen-bond acceptors (Lipinski definition) is 2. The quantitative estimate of drug-likeness (QED) is 0.788. The molecule has 18 heavy (non-hydrogen) atoms. The third-order valence-corrected chi connectivity index (χ3v) is 3.75. The zero-order chi connectivity index (χ0) is 12.8. The van der Waals surface area contributed by atoms with E-state index in [-0.39, 0.29) is 11.9 Å². The smallest absolute Gasteiger partial charge is 0.123 e. The molecule has 0 saturated heterocycles. The second-order valence-corrected chi connectivity index (χ2v) is 5.26. The lowest BCUT2D eigenvalue weighted by atomic mass is 9.87. The lowest BCUT2D eigenvalue weighted by Crippen LogP contribution is -2.29. The number of halogens is 1. The van der Waals surface area contributed by atoms with E-state index >= 15 is 0 Å². The summed E-state index contributed by atoms with van der Waals surface area (Å²) < 4.78 is 12.7. The number of aliphatic hydroxyl groups excluding tert-OH is 1. The Bertz CT molecular complexity index is 344. The van der Waals surface area contributed by atoms with Crippen LogP contribution in [-0.2, 0) is 6.42 Å². The first-order chi connectivity index (χ1) is 8.74. The summed E-state index contributed by atoms with van der Waals surface area (Å²) in [7, 11) is 0. The van der Waals surface area contributed by atoms with Crippen molar-refractivity contribution in [1.82, 2.24) is 5.32 Å². The molecule has 2 N–H and O–H groups in total. The fourth-order valence-corrected chi connectivity index (χ4v) is 2.54. The second-order valence-electron chi connectivity index (χ2n) is 5.26. The molecule has 0 heterocycles. The Morgan fingerprint density at radius 3 is 2.44 bits per heavy atom. The maximum absolute atomic E-state index is 12.7. The van der Waals surface area contributed by atoms with E-state index in [1.807, 2.05) is 12.1 Å². The number of nitrogens with one attached hydrogen (secondary N) is 1. The highest BCUT2D eigenvalue weighted by molar-refractivity contribution is 5.16. The van der Waals surface area contributed by atoms with Crippen LogP contribution in [0.15, 0.2) is 24.3 Å². The zero-order valence-electron chi connectivity index (χ0n) is 10.7. The first-order valence-electron chi connectivity index (χ1n) is 6.87. The number of aliphatic hydroxyl groups is 1. The van der Waals surface area contributed by atoms with Crippen molar-refractivity contribution in [2.75, 3.05) is 13.1 Å². The lowest BCUT2D eigenvalue weighted by Gasteiger charge is -2.25. The molecule has 1 fully saturated rings. The van der Waals surface area contributed by atoms with Gasteiger partial charge in [0.2, 0.25) is 0 Å². The third kappa shape index (κ3) is 4.39. The summed E-state index contributed by atoms with van der Waals surface area (Å²) in [5.41, 5.74) is 1.17. The summed E-state index contributed by atoms with van der Waals surface area (Å²) in [4.78, 5) is 0. The van der Waals surface area contributed by atoms with Crippen LogP contribution in [0.2, 0.25) is 0 Å². The van der Waals surface area contributed by atoms with Crippen LogP contribution in [0.3, 0.4) is 0 Å². The van der Waals surface area contributed by atoms with E-state index in [0.29, 0.717) is 5.92 Å². The van der Waals surface area contributed by atoms with Crippen molar-refractivity contribution < 1.29 is 9.50 Å². The Hall–Kier alpha value is -0.930. The van der Waals surface area contributed by atoms with Gasteiger partial charge in [0.25, 0.3) is 0 Å². The molecule has 0 bridgehead atoms. The van der Waals surface area contributed by atoms with E-state index in [1.165, 1.54) is 17.7 Å². The van der Waals surface area contributed by atoms with Crippen molar-refractivity contribution in [2.24, 2.45) is 5.92 Å². The predicted octanol–water partition coefficient (Wildman–Crippen LogP) is 2.51. The largest absolute Gasteiger partial charge is 0.393 e. The van der Waals surface area contributed by atoms with Crippen molar-refractivity contribution in [3.05, 3.63) is 35.6 Å². The molecule has 0 aliphatic heterocycles. The average Bonchev–Trinajstić information content (AvgIpc) is 2.39. The zero-order valence-corrected chi connectivity index (χ0v) is 10.7. The molecule has 2 rings (SSSR count). The summed E-state index contributed by atoms with van der Waals surface area (Å²) >= 11 is 0. The normalized spacial score (nSPS) is 24.1. The third-order valence-electron chi connectivity index (χ3n) is 3.75. The molecule has 1 aromatic rings. The van der Waals surface area contributed by atoms with E-state index in [9.17, 15) is 9.50 Å². The standard InChI is InChI=1S/C15H22FNO/c16-14-5-1-12(2-6-14)9-10-17-11-13-3-7-15(18)8-4-13/h1-2,5-6,13,15,17-18H,3-4,7-11H2. The Kier molecular flexibility index (Phi) is 5.14. The van der Waals surface area contributed by atoms with Gasteiger partial charge in [-0.1, -0.05) is 12.1 Å². The SMILES string of the molecule is OC1CCC(CNCCc2ccc(F)cc2)CC1. The average molecular weight is 251 g/mol. The molecule has 1 aliphatic carbocycles. The van der Waals surface area contributed by atoms with Crippen LogP contribution >= 0.6 is 0 Å². The van der Waals surface area contributed by atoms with Crippen molar-refractivity contribution in [1.29, 1.82) is 0 Å². The van der Waals surface area contributed by atoms with Crippen LogP contribution in [-0.4, -0.2) is 24.3 Å². The van der Waals surface area contributed by atoms with Gasteiger partial charge in [-0.25, -0.2) is 4.39 Å². The number of hydrogen-bond donors (Lipinski definition) is 2. The van der Waals surface area contributed by atoms with Gasteiger partial charge in [-0.2, -0.15) is 0 Å². The van der Waals surface area contributed by atoms with E-state index in [0.717, 1.165) is 45.2 Å². The van der Waals surface area contributed by atoms with Gasteiger partial charge in [0, 0.05) is 0 Å². The minimum atomic E-state index is -0.174. The lowest BCUT2D eigenvalue weighted by molar-refractivity contribution is 0.108. The molecule has 0 unspecified atom stereocenters. The highest BCUT2D eigenvalue weighted by Crippen LogP contribution is 2.23. The predicted molar refractivity (Wildman–Crippen MR) is 70.9 cm³/mol. The van der Waals surface area contributed by atoms with Crippen LogP contribution < -0.4 is 5.32 Å². The van der Waals surface area contributed by atoms with Gasteiger partial charge >= 0.3 is 0 Å². The molecule has 3 heteroatoms. The van der Waals surface area contributed by atoms with Gasteiger partial charge in [0.15, 0.2) is 0 Å². The molecular weight excluding hydrogens is 229 g/mol. The van der Waals surface area contributed by atoms with E-state index in [2.05, 4.69) is 5.32 Å². The summed E-state index contributed by atoms with van der Waals surface area (Å²) in [6.07, 6.45) is 5.03. The Balaban J connectivity index is 1.60. The molecule has 100 valence electrons. The monoisotopic (exact) mass is 251 g/mol. The van der Waals surface area contributed by atoms with Crippen LogP contribution in [0.5, 0.6) is 0 Å². The highest BCUT2D eigenvalue weighted by Gasteiger charge is 2.18. The van der Waals surface area contributed by atoms with Gasteiger partial charge in [0.05, 0.1) is 6.10 Å². The van der Waals surface area contributed by atoms with Crippen molar-refractivity contribution in [3.8, 4) is 0 Å². The first kappa shape index (κ1) is 13.5. The van der Waals surface area contributed by atoms with Crippen molar-refractivity contribution in [3.63, 3.8) is 0 Å². The maximum Gasteiger partial charge on any atom is 0.123 e. The van der Waals surface area contributed by atoms with Gasteiger partial charge in [-0.05, 0) is 68.8 Å². The molecule has 0 radical (unpaired) electrons. The molecule has 0 amide bonds. The highest BCUT2D eigenvalue weighted by atomic mass is 19.1. The van der Waals surface area contributed by atoms with Gasteiger partial charge in [0.1, 0.15) is 5.82 Å². The molecule has 1 aromatic carbocycles. The fourth-order valence-electron chi connectivity index (χ4n) is 2.54.